The molecule has 0 saturated heterocycles. The summed E-state index contributed by atoms with van der Waals surface area (Å²) in [5.41, 5.74) is 5.03. The van der Waals surface area contributed by atoms with E-state index in [2.05, 4.69) is 83.4 Å². The van der Waals surface area contributed by atoms with Gasteiger partial charge in [-0.3, -0.25) is 10.4 Å². The third-order valence-electron chi connectivity index (χ3n) is 7.80. The van der Waals surface area contributed by atoms with E-state index in [-0.39, 0.29) is 11.0 Å². The zero-order valence-corrected chi connectivity index (χ0v) is 28.0. The summed E-state index contributed by atoms with van der Waals surface area (Å²) in [5, 5.41) is 17.4. The van der Waals surface area contributed by atoms with Crippen LogP contribution >= 0.6 is 0 Å². The molecule has 1 aliphatic heterocycles. The molecule has 2 atom stereocenters. The van der Waals surface area contributed by atoms with Gasteiger partial charge in [-0.15, -0.1) is 0 Å². The quantitative estimate of drug-likeness (QED) is 0.166. The first-order chi connectivity index (χ1) is 19.5. The third kappa shape index (κ3) is 8.77. The average Bonchev–Trinajstić information content (AvgIpc) is 3.01. The van der Waals surface area contributed by atoms with Crippen LogP contribution in [0, 0.1) is 29.6 Å². The monoisotopic (exact) mass is 556 g/mol. The Labute approximate surface area is 252 Å². The number of benzene rings is 2. The van der Waals surface area contributed by atoms with Crippen molar-refractivity contribution in [2.45, 2.75) is 107 Å². The van der Waals surface area contributed by atoms with Crippen LogP contribution in [0.25, 0.3) is 0 Å². The zero-order valence-electron chi connectivity index (χ0n) is 28.0. The molecule has 1 heterocycles. The first-order valence-corrected chi connectivity index (χ1v) is 15.4. The highest BCUT2D eigenvalue weighted by atomic mass is 15.2. The number of rotatable bonds is 6. The minimum Gasteiger partial charge on any atom is -0.311 e. The zero-order chi connectivity index (χ0) is 31.8. The fourth-order valence-electron chi connectivity index (χ4n) is 5.02. The third-order valence-corrected chi connectivity index (χ3v) is 7.80. The Bertz CT molecular complexity index is 1210. The molecular weight excluding hydrogens is 500 g/mol. The topological polar surface area (TPSA) is 63.2 Å². The highest BCUT2D eigenvalue weighted by Gasteiger charge is 2.48. The van der Waals surface area contributed by atoms with Crippen molar-refractivity contribution in [1.82, 2.24) is 4.90 Å². The van der Waals surface area contributed by atoms with Crippen molar-refractivity contribution in [3.63, 3.8) is 0 Å². The Balaban J connectivity index is 0.00000104. The Morgan fingerprint density at radius 1 is 1.00 bits per heavy atom. The lowest BCUT2D eigenvalue weighted by molar-refractivity contribution is 0.234. The summed E-state index contributed by atoms with van der Waals surface area (Å²) in [4.78, 5) is 7.42. The lowest BCUT2D eigenvalue weighted by atomic mass is 9.62. The van der Waals surface area contributed by atoms with Crippen LogP contribution in [0.15, 0.2) is 77.8 Å². The number of nitrogens with one attached hydrogen (secondary N) is 1. The molecule has 1 unspecified atom stereocenters. The maximum Gasteiger partial charge on any atom is 0.137 e. The molecule has 0 bridgehead atoms. The van der Waals surface area contributed by atoms with E-state index in [1.165, 1.54) is 5.56 Å². The summed E-state index contributed by atoms with van der Waals surface area (Å²) in [5.74, 6) is 1.88. The highest BCUT2D eigenvalue weighted by Crippen LogP contribution is 2.47. The number of fused-ring (bicyclic) bond motifs is 1. The minimum atomic E-state index is -0.204. The molecule has 224 valence electrons. The molecule has 0 radical (unpaired) electrons. The van der Waals surface area contributed by atoms with Gasteiger partial charge in [0.05, 0.1) is 11.6 Å². The van der Waals surface area contributed by atoms with E-state index in [1.807, 2.05) is 71.9 Å². The first-order valence-electron chi connectivity index (χ1n) is 15.4. The molecule has 0 aliphatic carbocycles. The van der Waals surface area contributed by atoms with Crippen LogP contribution in [-0.2, 0) is 5.41 Å². The second-order valence-corrected chi connectivity index (χ2v) is 10.4. The summed E-state index contributed by atoms with van der Waals surface area (Å²) >= 11 is 0. The number of hydrogen-bond donors (Lipinski definition) is 1. The minimum absolute atomic E-state index is 0.0217. The van der Waals surface area contributed by atoms with Crippen molar-refractivity contribution in [2.24, 2.45) is 10.9 Å². The summed E-state index contributed by atoms with van der Waals surface area (Å²) in [6.07, 6.45) is 5.45. The van der Waals surface area contributed by atoms with Crippen LogP contribution in [0.4, 0.5) is 0 Å². The smallest absolute Gasteiger partial charge is 0.137 e. The lowest BCUT2D eigenvalue weighted by Gasteiger charge is -2.49. The van der Waals surface area contributed by atoms with Crippen molar-refractivity contribution in [2.75, 3.05) is 6.54 Å². The highest BCUT2D eigenvalue weighted by molar-refractivity contribution is 6.15. The Kier molecular flexibility index (Phi) is 16.6. The van der Waals surface area contributed by atoms with Crippen LogP contribution in [0.3, 0.4) is 0 Å². The van der Waals surface area contributed by atoms with E-state index in [1.54, 1.807) is 6.08 Å². The number of hydrogen-bond acceptors (Lipinski definition) is 3. The second kappa shape index (κ2) is 18.1. The number of aliphatic imine (C=N–C) groups is 1. The van der Waals surface area contributed by atoms with Crippen molar-refractivity contribution in [3.8, 4) is 6.07 Å². The van der Waals surface area contributed by atoms with E-state index in [0.717, 1.165) is 35.4 Å². The second-order valence-electron chi connectivity index (χ2n) is 10.4. The standard InChI is InChI=1S/C25H33N3.C8H11N.2C2H6/c1-7-24(5)21-17-13-12-16-20(21)23(27-25(24,6)8-2)28(9-3)22(26)19-15-11-10-14-18(19)4;1-4-8(6-9)5-7(2)3;2*1-2/h10-17,26H,7-9H2,1-6H3;4-5,7H,1H2,2-3H3;2*1-2H3/b;8-5+;;/t24?,25-;;;/m1.../s1. The summed E-state index contributed by atoms with van der Waals surface area (Å²) in [7, 11) is 0. The molecule has 2 aromatic carbocycles. The van der Waals surface area contributed by atoms with Crippen LogP contribution in [0.5, 0.6) is 0 Å². The Hall–Kier alpha value is -3.45. The fraction of sp³-hybridized carbons (Fsp3) is 0.486. The summed E-state index contributed by atoms with van der Waals surface area (Å²) < 4.78 is 0. The molecule has 0 saturated carbocycles. The molecule has 1 N–H and O–H groups in total. The predicted molar refractivity (Wildman–Crippen MR) is 181 cm³/mol. The molecule has 3 rings (SSSR count). The maximum atomic E-state index is 8.98. The number of nitriles is 1. The number of aryl methyl sites for hydroxylation is 1. The van der Waals surface area contributed by atoms with Gasteiger partial charge in [0.15, 0.2) is 0 Å². The SMILES string of the molecule is C=C/C(C#N)=C\C(C)C.CC.CC.CCN(C(=N)c1ccccc1C)C1=N[C@](C)(CC)C(C)(CC)c2ccccc21. The number of amidine groups is 2. The molecule has 4 nitrogen and oxygen atoms in total. The Morgan fingerprint density at radius 2 is 1.56 bits per heavy atom. The number of allylic oxidation sites excluding steroid dienone is 3. The molecule has 0 fully saturated rings. The predicted octanol–water partition coefficient (Wildman–Crippen LogP) is 10.3. The summed E-state index contributed by atoms with van der Waals surface area (Å²) in [6.45, 7) is 29.5. The molecular formula is C37H56N4. The molecule has 0 aromatic heterocycles. The van der Waals surface area contributed by atoms with Gasteiger partial charge in [-0.25, -0.2) is 0 Å². The van der Waals surface area contributed by atoms with Crippen molar-refractivity contribution in [1.29, 1.82) is 10.7 Å². The van der Waals surface area contributed by atoms with Crippen molar-refractivity contribution < 1.29 is 0 Å². The van der Waals surface area contributed by atoms with Gasteiger partial charge in [-0.1, -0.05) is 130 Å². The van der Waals surface area contributed by atoms with E-state index in [0.29, 0.717) is 23.9 Å². The van der Waals surface area contributed by atoms with Gasteiger partial charge in [-0.2, -0.15) is 5.26 Å². The average molecular weight is 557 g/mol. The van der Waals surface area contributed by atoms with Gasteiger partial charge in [0.1, 0.15) is 11.7 Å². The number of nitrogens with zero attached hydrogens (tertiary/aromatic N) is 3. The van der Waals surface area contributed by atoms with Gasteiger partial charge >= 0.3 is 0 Å². The maximum absolute atomic E-state index is 8.98. The van der Waals surface area contributed by atoms with Crippen LogP contribution in [-0.4, -0.2) is 28.7 Å². The normalized spacial score (nSPS) is 18.9. The van der Waals surface area contributed by atoms with Gasteiger partial charge in [0.25, 0.3) is 0 Å². The van der Waals surface area contributed by atoms with E-state index < -0.39 is 0 Å². The largest absolute Gasteiger partial charge is 0.311 e. The Morgan fingerprint density at radius 3 is 2.00 bits per heavy atom. The molecule has 4 heteroatoms. The molecule has 1 aliphatic rings. The molecule has 0 amide bonds. The molecule has 41 heavy (non-hydrogen) atoms. The van der Waals surface area contributed by atoms with Crippen molar-refractivity contribution in [3.05, 3.63) is 95.1 Å². The molecule has 0 spiro atoms. The van der Waals surface area contributed by atoms with Crippen molar-refractivity contribution >= 4 is 11.7 Å². The van der Waals surface area contributed by atoms with E-state index in [4.69, 9.17) is 15.7 Å². The lowest BCUT2D eigenvalue weighted by Crippen LogP contribution is -2.52. The molecule has 2 aromatic rings. The van der Waals surface area contributed by atoms with Gasteiger partial charge in [0.2, 0.25) is 0 Å². The van der Waals surface area contributed by atoms with Gasteiger partial charge in [0, 0.05) is 28.7 Å². The van der Waals surface area contributed by atoms with Crippen LogP contribution in [0.2, 0.25) is 0 Å². The fourth-order valence-corrected chi connectivity index (χ4v) is 5.02. The first kappa shape index (κ1) is 37.6. The van der Waals surface area contributed by atoms with E-state index >= 15 is 0 Å². The van der Waals surface area contributed by atoms with Crippen LogP contribution < -0.4 is 0 Å². The van der Waals surface area contributed by atoms with E-state index in [9.17, 15) is 0 Å². The van der Waals surface area contributed by atoms with Gasteiger partial charge < -0.3 is 4.90 Å². The van der Waals surface area contributed by atoms with Crippen LogP contribution in [0.1, 0.15) is 111 Å². The van der Waals surface area contributed by atoms with Gasteiger partial charge in [-0.05, 0) is 50.7 Å². The summed E-state index contributed by atoms with van der Waals surface area (Å²) in [6, 6.07) is 18.8.